The molecule has 0 saturated heterocycles. The number of carbonyl (C=O) groups excluding carboxylic acids is 2. The van der Waals surface area contributed by atoms with Gasteiger partial charge in [0.1, 0.15) is 5.15 Å². The fraction of sp³-hybridized carbons (Fsp3) is 0.0769. The maximum atomic E-state index is 11.9. The number of carbonyl (C=O) groups is 2. The Balaban J connectivity index is 2.00. The third-order valence-corrected chi connectivity index (χ3v) is 3.65. The molecule has 114 valence electrons. The molecule has 0 bridgehead atoms. The van der Waals surface area contributed by atoms with E-state index in [1.807, 2.05) is 0 Å². The second-order valence-electron chi connectivity index (χ2n) is 3.98. The van der Waals surface area contributed by atoms with Gasteiger partial charge in [0.15, 0.2) is 5.16 Å². The number of hydrogen-bond donors (Lipinski definition) is 2. The van der Waals surface area contributed by atoms with E-state index in [4.69, 9.17) is 23.2 Å². The summed E-state index contributed by atoms with van der Waals surface area (Å²) in [5.41, 5.74) is 4.94. The SMILES string of the molecule is CSc1ncc(C(=O)NNC(=O)c2ccc(Cl)cc2)c(Cl)n1. The topological polar surface area (TPSA) is 84.0 Å². The molecule has 2 aromatic rings. The molecule has 0 saturated carbocycles. The van der Waals surface area contributed by atoms with Crippen LogP contribution in [0.3, 0.4) is 0 Å². The summed E-state index contributed by atoms with van der Waals surface area (Å²) in [5, 5.41) is 0.975. The average Bonchev–Trinajstić information content (AvgIpc) is 2.52. The van der Waals surface area contributed by atoms with E-state index in [1.165, 1.54) is 30.1 Å². The normalized spacial score (nSPS) is 10.1. The second-order valence-corrected chi connectivity index (χ2v) is 5.54. The predicted molar refractivity (Wildman–Crippen MR) is 85.2 cm³/mol. The Labute approximate surface area is 140 Å². The first kappa shape index (κ1) is 16.5. The van der Waals surface area contributed by atoms with E-state index in [0.717, 1.165) is 0 Å². The van der Waals surface area contributed by atoms with Gasteiger partial charge in [0.05, 0.1) is 5.56 Å². The van der Waals surface area contributed by atoms with Gasteiger partial charge >= 0.3 is 0 Å². The molecule has 0 radical (unpaired) electrons. The maximum absolute atomic E-state index is 11.9. The molecule has 0 aliphatic heterocycles. The van der Waals surface area contributed by atoms with Crippen LogP contribution in [0.15, 0.2) is 35.6 Å². The van der Waals surface area contributed by atoms with Crippen LogP contribution in [0.1, 0.15) is 20.7 Å². The Kier molecular flexibility index (Phi) is 5.59. The number of nitrogens with zero attached hydrogens (tertiary/aromatic N) is 2. The molecule has 2 N–H and O–H groups in total. The quantitative estimate of drug-likeness (QED) is 0.382. The Morgan fingerprint density at radius 2 is 1.73 bits per heavy atom. The average molecular weight is 357 g/mol. The van der Waals surface area contributed by atoms with Crippen molar-refractivity contribution in [1.82, 2.24) is 20.8 Å². The third-order valence-electron chi connectivity index (χ3n) is 2.54. The Bertz CT molecular complexity index is 710. The minimum absolute atomic E-state index is 0.0117. The van der Waals surface area contributed by atoms with Crippen molar-refractivity contribution < 1.29 is 9.59 Å². The first-order valence-corrected chi connectivity index (χ1v) is 7.92. The molecular formula is C13H10Cl2N4O2S. The second kappa shape index (κ2) is 7.44. The first-order chi connectivity index (χ1) is 10.5. The van der Waals surface area contributed by atoms with Crippen LogP contribution in [-0.2, 0) is 0 Å². The molecule has 0 aliphatic carbocycles. The fourth-order valence-electron chi connectivity index (χ4n) is 1.45. The zero-order valence-corrected chi connectivity index (χ0v) is 13.6. The summed E-state index contributed by atoms with van der Waals surface area (Å²) in [5.74, 6) is -1.09. The Hall–Kier alpha value is -1.83. The van der Waals surface area contributed by atoms with Crippen molar-refractivity contribution in [2.45, 2.75) is 5.16 Å². The highest BCUT2D eigenvalue weighted by molar-refractivity contribution is 7.98. The van der Waals surface area contributed by atoms with Crippen molar-refractivity contribution in [1.29, 1.82) is 0 Å². The van der Waals surface area contributed by atoms with Crippen LogP contribution < -0.4 is 10.9 Å². The van der Waals surface area contributed by atoms with Gasteiger partial charge in [0.2, 0.25) is 0 Å². The lowest BCUT2D eigenvalue weighted by Gasteiger charge is -2.08. The largest absolute Gasteiger partial charge is 0.274 e. The van der Waals surface area contributed by atoms with Crippen molar-refractivity contribution in [3.8, 4) is 0 Å². The summed E-state index contributed by atoms with van der Waals surface area (Å²) in [6, 6.07) is 6.22. The lowest BCUT2D eigenvalue weighted by atomic mass is 10.2. The number of aromatic nitrogens is 2. The molecule has 0 atom stereocenters. The zero-order chi connectivity index (χ0) is 16.1. The van der Waals surface area contributed by atoms with Crippen LogP contribution >= 0.6 is 35.0 Å². The van der Waals surface area contributed by atoms with Crippen LogP contribution in [0.2, 0.25) is 10.2 Å². The number of amides is 2. The van der Waals surface area contributed by atoms with E-state index in [-0.39, 0.29) is 10.7 Å². The molecule has 6 nitrogen and oxygen atoms in total. The molecule has 1 heterocycles. The number of halogens is 2. The molecule has 2 rings (SSSR count). The lowest BCUT2D eigenvalue weighted by Crippen LogP contribution is -2.41. The van der Waals surface area contributed by atoms with Crippen LogP contribution in [0.4, 0.5) is 0 Å². The van der Waals surface area contributed by atoms with Gasteiger partial charge in [-0.3, -0.25) is 20.4 Å². The van der Waals surface area contributed by atoms with Gasteiger partial charge < -0.3 is 0 Å². The molecule has 1 aromatic heterocycles. The Morgan fingerprint density at radius 1 is 1.09 bits per heavy atom. The van der Waals surface area contributed by atoms with Crippen molar-refractivity contribution in [2.24, 2.45) is 0 Å². The van der Waals surface area contributed by atoms with Gasteiger partial charge in [-0.2, -0.15) is 0 Å². The smallest absolute Gasteiger partial charge is 0.267 e. The van der Waals surface area contributed by atoms with Crippen LogP contribution in [0, 0.1) is 0 Å². The number of hydrazine groups is 1. The highest BCUT2D eigenvalue weighted by Gasteiger charge is 2.14. The number of benzene rings is 1. The van der Waals surface area contributed by atoms with Gasteiger partial charge in [-0.1, -0.05) is 35.0 Å². The van der Waals surface area contributed by atoms with E-state index in [2.05, 4.69) is 20.8 Å². The first-order valence-electron chi connectivity index (χ1n) is 5.94. The van der Waals surface area contributed by atoms with Crippen LogP contribution in [0.25, 0.3) is 0 Å². The van der Waals surface area contributed by atoms with Gasteiger partial charge in [-0.05, 0) is 30.5 Å². The van der Waals surface area contributed by atoms with Gasteiger partial charge in [-0.15, -0.1) is 0 Å². The molecule has 1 aromatic carbocycles. The van der Waals surface area contributed by atoms with E-state index < -0.39 is 11.8 Å². The number of thioether (sulfide) groups is 1. The van der Waals surface area contributed by atoms with Gasteiger partial charge in [0.25, 0.3) is 11.8 Å². The van der Waals surface area contributed by atoms with E-state index >= 15 is 0 Å². The minimum Gasteiger partial charge on any atom is -0.267 e. The summed E-state index contributed by atoms with van der Waals surface area (Å²) < 4.78 is 0. The molecule has 2 amide bonds. The van der Waals surface area contributed by atoms with Crippen molar-refractivity contribution in [2.75, 3.05) is 6.26 Å². The molecular weight excluding hydrogens is 347 g/mol. The van der Waals surface area contributed by atoms with Crippen molar-refractivity contribution in [3.05, 3.63) is 51.8 Å². The van der Waals surface area contributed by atoms with Crippen molar-refractivity contribution >= 4 is 46.8 Å². The summed E-state index contributed by atoms with van der Waals surface area (Å²) in [6.07, 6.45) is 3.09. The molecule has 22 heavy (non-hydrogen) atoms. The van der Waals surface area contributed by atoms with Crippen LogP contribution in [0.5, 0.6) is 0 Å². The van der Waals surface area contributed by atoms with E-state index in [0.29, 0.717) is 15.7 Å². The van der Waals surface area contributed by atoms with E-state index in [1.54, 1.807) is 18.4 Å². The maximum Gasteiger partial charge on any atom is 0.274 e. The van der Waals surface area contributed by atoms with Crippen LogP contribution in [-0.4, -0.2) is 28.0 Å². The summed E-state index contributed by atoms with van der Waals surface area (Å²) in [7, 11) is 0. The molecule has 0 unspecified atom stereocenters. The number of hydrogen-bond acceptors (Lipinski definition) is 5. The van der Waals surface area contributed by atoms with E-state index in [9.17, 15) is 9.59 Å². The zero-order valence-electron chi connectivity index (χ0n) is 11.3. The highest BCUT2D eigenvalue weighted by Crippen LogP contribution is 2.16. The fourth-order valence-corrected chi connectivity index (χ4v) is 2.18. The van der Waals surface area contributed by atoms with Gasteiger partial charge in [0, 0.05) is 16.8 Å². The highest BCUT2D eigenvalue weighted by atomic mass is 35.5. The van der Waals surface area contributed by atoms with Crippen molar-refractivity contribution in [3.63, 3.8) is 0 Å². The Morgan fingerprint density at radius 3 is 2.32 bits per heavy atom. The molecule has 0 aliphatic rings. The molecule has 0 fully saturated rings. The monoisotopic (exact) mass is 356 g/mol. The lowest BCUT2D eigenvalue weighted by molar-refractivity contribution is 0.0846. The number of nitrogens with one attached hydrogen (secondary N) is 2. The minimum atomic E-state index is -0.611. The standard InChI is InChI=1S/C13H10Cl2N4O2S/c1-22-13-16-6-9(10(15)17-13)12(21)19-18-11(20)7-2-4-8(14)5-3-7/h2-6H,1H3,(H,18,20)(H,19,21). The molecule has 9 heteroatoms. The third kappa shape index (κ3) is 4.09. The summed E-state index contributed by atoms with van der Waals surface area (Å²) >= 11 is 12.9. The molecule has 0 spiro atoms. The number of rotatable bonds is 3. The van der Waals surface area contributed by atoms with Gasteiger partial charge in [-0.25, -0.2) is 9.97 Å². The summed E-state index contributed by atoms with van der Waals surface area (Å²) in [6.45, 7) is 0. The summed E-state index contributed by atoms with van der Waals surface area (Å²) in [4.78, 5) is 31.7. The predicted octanol–water partition coefficient (Wildman–Crippen LogP) is 2.58.